The van der Waals surface area contributed by atoms with Gasteiger partial charge in [0.15, 0.2) is 0 Å². The molecule has 0 aliphatic carbocycles. The molecule has 0 saturated carbocycles. The molecule has 2 atom stereocenters. The van der Waals surface area contributed by atoms with Gasteiger partial charge in [0.25, 0.3) is 0 Å². The number of hydrogen-bond acceptors (Lipinski definition) is 4. The van der Waals surface area contributed by atoms with Crippen molar-refractivity contribution in [2.75, 3.05) is 45.9 Å². The molecule has 0 radical (unpaired) electrons. The molecule has 0 spiro atoms. The maximum absolute atomic E-state index is 5.72. The van der Waals surface area contributed by atoms with E-state index in [9.17, 15) is 0 Å². The second-order valence-electron chi connectivity index (χ2n) is 4.74. The molecular weight excluding hydrogens is 214 g/mol. The molecule has 17 heavy (non-hydrogen) atoms. The number of likely N-dealkylation sites (N-methyl/N-ethyl adjacent to an activating group) is 1. The van der Waals surface area contributed by atoms with E-state index in [1.807, 2.05) is 6.92 Å². The van der Waals surface area contributed by atoms with Crippen LogP contribution >= 0.6 is 0 Å². The summed E-state index contributed by atoms with van der Waals surface area (Å²) >= 11 is 0. The minimum Gasteiger partial charge on any atom is -0.376 e. The summed E-state index contributed by atoms with van der Waals surface area (Å²) in [6.45, 7) is 13.6. The van der Waals surface area contributed by atoms with E-state index in [0.29, 0.717) is 6.54 Å². The highest BCUT2D eigenvalue weighted by molar-refractivity contribution is 4.84. The molecule has 0 amide bonds. The van der Waals surface area contributed by atoms with E-state index in [-0.39, 0.29) is 6.10 Å². The van der Waals surface area contributed by atoms with E-state index in [2.05, 4.69) is 23.6 Å². The predicted octanol–water partition coefficient (Wildman–Crippen LogP) is 0.766. The normalized spacial score (nSPS) is 23.5. The van der Waals surface area contributed by atoms with Gasteiger partial charge in [-0.25, -0.2) is 0 Å². The van der Waals surface area contributed by atoms with Crippen LogP contribution in [-0.4, -0.2) is 67.8 Å². The van der Waals surface area contributed by atoms with E-state index >= 15 is 0 Å². The van der Waals surface area contributed by atoms with Crippen LogP contribution < -0.4 is 5.73 Å². The first-order chi connectivity index (χ1) is 8.24. The van der Waals surface area contributed by atoms with Crippen LogP contribution in [0.5, 0.6) is 0 Å². The first kappa shape index (κ1) is 14.9. The zero-order chi connectivity index (χ0) is 12.7. The van der Waals surface area contributed by atoms with Crippen molar-refractivity contribution >= 4 is 0 Å². The van der Waals surface area contributed by atoms with Crippen molar-refractivity contribution < 1.29 is 4.74 Å². The Morgan fingerprint density at radius 2 is 2.06 bits per heavy atom. The van der Waals surface area contributed by atoms with Crippen molar-refractivity contribution in [3.8, 4) is 0 Å². The fourth-order valence-corrected chi connectivity index (χ4v) is 2.74. The monoisotopic (exact) mass is 243 g/mol. The van der Waals surface area contributed by atoms with Crippen molar-refractivity contribution in [1.82, 2.24) is 9.80 Å². The quantitative estimate of drug-likeness (QED) is 0.683. The fraction of sp³-hybridized carbons (Fsp3) is 1.00. The number of nitrogens with two attached hydrogens (primary N) is 1. The van der Waals surface area contributed by atoms with Crippen LogP contribution in [0.1, 0.15) is 27.2 Å². The third-order valence-corrected chi connectivity index (χ3v) is 3.70. The summed E-state index contributed by atoms with van der Waals surface area (Å²) in [7, 11) is 0. The van der Waals surface area contributed by atoms with E-state index < -0.39 is 0 Å². The number of hydrogen-bond donors (Lipinski definition) is 1. The third-order valence-electron chi connectivity index (χ3n) is 3.70. The van der Waals surface area contributed by atoms with Gasteiger partial charge in [0.2, 0.25) is 0 Å². The standard InChI is InChI=1S/C13H29N3O/c1-4-16(5-2)12-7-8-15(10-12)11-13(9-14)17-6-3/h12-13H,4-11,14H2,1-3H3. The molecule has 1 heterocycles. The molecule has 0 aromatic heterocycles. The smallest absolute Gasteiger partial charge is 0.0823 e. The van der Waals surface area contributed by atoms with Crippen LogP contribution in [-0.2, 0) is 4.74 Å². The summed E-state index contributed by atoms with van der Waals surface area (Å²) in [5, 5.41) is 0. The Hall–Kier alpha value is -0.160. The highest BCUT2D eigenvalue weighted by Gasteiger charge is 2.27. The first-order valence-electron chi connectivity index (χ1n) is 7.03. The Labute approximate surface area is 106 Å². The van der Waals surface area contributed by atoms with Gasteiger partial charge in [-0.3, -0.25) is 9.80 Å². The molecule has 4 heteroatoms. The van der Waals surface area contributed by atoms with Crippen molar-refractivity contribution in [1.29, 1.82) is 0 Å². The summed E-state index contributed by atoms with van der Waals surface area (Å²) in [6, 6.07) is 0.727. The minimum absolute atomic E-state index is 0.204. The Bertz CT molecular complexity index is 197. The lowest BCUT2D eigenvalue weighted by molar-refractivity contribution is 0.0430. The van der Waals surface area contributed by atoms with Crippen LogP contribution in [0.3, 0.4) is 0 Å². The molecular formula is C13H29N3O. The first-order valence-corrected chi connectivity index (χ1v) is 7.03. The van der Waals surface area contributed by atoms with Gasteiger partial charge >= 0.3 is 0 Å². The van der Waals surface area contributed by atoms with Crippen LogP contribution in [0.25, 0.3) is 0 Å². The maximum atomic E-state index is 5.72. The van der Waals surface area contributed by atoms with Crippen molar-refractivity contribution in [3.63, 3.8) is 0 Å². The number of rotatable bonds is 8. The van der Waals surface area contributed by atoms with Gasteiger partial charge in [-0.2, -0.15) is 0 Å². The summed E-state index contributed by atoms with van der Waals surface area (Å²) < 4.78 is 5.62. The zero-order valence-electron chi connectivity index (χ0n) is 11.7. The summed E-state index contributed by atoms with van der Waals surface area (Å²) in [5.41, 5.74) is 5.72. The van der Waals surface area contributed by atoms with Crippen molar-refractivity contribution in [2.24, 2.45) is 5.73 Å². The molecule has 1 aliphatic heterocycles. The Kier molecular flexibility index (Phi) is 7.04. The number of nitrogens with zero attached hydrogens (tertiary/aromatic N) is 2. The maximum Gasteiger partial charge on any atom is 0.0823 e. The fourth-order valence-electron chi connectivity index (χ4n) is 2.74. The van der Waals surface area contributed by atoms with Crippen LogP contribution in [0.4, 0.5) is 0 Å². The van der Waals surface area contributed by atoms with Gasteiger partial charge < -0.3 is 10.5 Å². The van der Waals surface area contributed by atoms with Crippen LogP contribution in [0.15, 0.2) is 0 Å². The summed E-state index contributed by atoms with van der Waals surface area (Å²) in [4.78, 5) is 5.05. The van der Waals surface area contributed by atoms with E-state index in [1.54, 1.807) is 0 Å². The van der Waals surface area contributed by atoms with Crippen molar-refractivity contribution in [3.05, 3.63) is 0 Å². The van der Waals surface area contributed by atoms with Gasteiger partial charge in [-0.1, -0.05) is 13.8 Å². The minimum atomic E-state index is 0.204. The Balaban J connectivity index is 2.33. The second-order valence-corrected chi connectivity index (χ2v) is 4.74. The molecule has 0 aromatic carbocycles. The van der Waals surface area contributed by atoms with E-state index in [1.165, 1.54) is 19.5 Å². The van der Waals surface area contributed by atoms with Gasteiger partial charge in [0, 0.05) is 32.3 Å². The number of likely N-dealkylation sites (tertiary alicyclic amines) is 1. The molecule has 0 bridgehead atoms. The lowest BCUT2D eigenvalue weighted by Crippen LogP contribution is -2.40. The van der Waals surface area contributed by atoms with Gasteiger partial charge in [0.1, 0.15) is 0 Å². The molecule has 1 fully saturated rings. The lowest BCUT2D eigenvalue weighted by Gasteiger charge is -2.27. The average molecular weight is 243 g/mol. The van der Waals surface area contributed by atoms with E-state index in [0.717, 1.165) is 32.3 Å². The second kappa shape index (κ2) is 8.03. The third kappa shape index (κ3) is 4.54. The molecule has 2 N–H and O–H groups in total. The van der Waals surface area contributed by atoms with Crippen LogP contribution in [0.2, 0.25) is 0 Å². The van der Waals surface area contributed by atoms with Crippen molar-refractivity contribution in [2.45, 2.75) is 39.3 Å². The molecule has 0 aromatic rings. The molecule has 1 saturated heterocycles. The Morgan fingerprint density at radius 3 is 2.59 bits per heavy atom. The largest absolute Gasteiger partial charge is 0.376 e. The molecule has 1 rings (SSSR count). The molecule has 102 valence electrons. The number of ether oxygens (including phenoxy) is 1. The zero-order valence-corrected chi connectivity index (χ0v) is 11.7. The highest BCUT2D eigenvalue weighted by atomic mass is 16.5. The molecule has 2 unspecified atom stereocenters. The molecule has 4 nitrogen and oxygen atoms in total. The summed E-state index contributed by atoms with van der Waals surface area (Å²) in [5.74, 6) is 0. The topological polar surface area (TPSA) is 41.7 Å². The predicted molar refractivity (Wildman–Crippen MR) is 72.2 cm³/mol. The van der Waals surface area contributed by atoms with Gasteiger partial charge in [0.05, 0.1) is 6.10 Å². The molecule has 1 aliphatic rings. The Morgan fingerprint density at radius 1 is 1.35 bits per heavy atom. The lowest BCUT2D eigenvalue weighted by atomic mass is 10.2. The van der Waals surface area contributed by atoms with Crippen LogP contribution in [0, 0.1) is 0 Å². The van der Waals surface area contributed by atoms with Gasteiger partial charge in [-0.15, -0.1) is 0 Å². The van der Waals surface area contributed by atoms with E-state index in [4.69, 9.17) is 10.5 Å². The average Bonchev–Trinajstić information content (AvgIpc) is 2.79. The summed E-state index contributed by atoms with van der Waals surface area (Å²) in [6.07, 6.45) is 1.49. The highest BCUT2D eigenvalue weighted by Crippen LogP contribution is 2.15. The SMILES string of the molecule is CCOC(CN)CN1CCC(N(CC)CC)C1. The van der Waals surface area contributed by atoms with Gasteiger partial charge in [-0.05, 0) is 33.0 Å².